The minimum atomic E-state index is 0.733. The fourth-order valence-corrected chi connectivity index (χ4v) is 2.93. The number of hydrogen-bond donors (Lipinski definition) is 1. The van der Waals surface area contributed by atoms with E-state index < -0.39 is 0 Å². The molecule has 106 valence electrons. The second-order valence-electron chi connectivity index (χ2n) is 5.63. The van der Waals surface area contributed by atoms with Crippen LogP contribution in [0, 0.1) is 5.92 Å². The Morgan fingerprint density at radius 3 is 2.89 bits per heavy atom. The number of fused-ring (bicyclic) bond motifs is 1. The highest BCUT2D eigenvalue weighted by Gasteiger charge is 2.13. The van der Waals surface area contributed by atoms with E-state index in [0.717, 1.165) is 25.6 Å². The van der Waals surface area contributed by atoms with Crippen LogP contribution in [-0.2, 0) is 24.0 Å². The van der Waals surface area contributed by atoms with Gasteiger partial charge in [-0.25, -0.2) is 0 Å². The van der Waals surface area contributed by atoms with Crippen LogP contribution in [0.3, 0.4) is 0 Å². The van der Waals surface area contributed by atoms with Gasteiger partial charge < -0.3 is 10.1 Å². The average molecular weight is 261 g/mol. The molecule has 1 aliphatic carbocycles. The summed E-state index contributed by atoms with van der Waals surface area (Å²) in [5.74, 6) is 0.733. The van der Waals surface area contributed by atoms with Gasteiger partial charge >= 0.3 is 0 Å². The Morgan fingerprint density at radius 1 is 1.26 bits per heavy atom. The predicted octanol–water partition coefficient (Wildman–Crippen LogP) is 2.98. The minimum Gasteiger partial charge on any atom is -0.383 e. The second-order valence-corrected chi connectivity index (χ2v) is 5.63. The molecule has 0 amide bonds. The number of ether oxygens (including phenoxy) is 1. The van der Waals surface area contributed by atoms with Crippen LogP contribution < -0.4 is 5.32 Å². The third-order valence-electron chi connectivity index (χ3n) is 4.18. The van der Waals surface area contributed by atoms with E-state index in [2.05, 4.69) is 30.4 Å². The standard InChI is InChI=1S/C17H27NO/c1-3-14(13-18-9-10-19-2)11-15-7-8-16-5-4-6-17(16)12-15/h7-8,12,14,18H,3-6,9-11,13H2,1-2H3. The van der Waals surface area contributed by atoms with Crippen molar-refractivity contribution in [3.63, 3.8) is 0 Å². The molecule has 2 nitrogen and oxygen atoms in total. The summed E-state index contributed by atoms with van der Waals surface area (Å²) < 4.78 is 5.06. The van der Waals surface area contributed by atoms with Crippen LogP contribution in [0.25, 0.3) is 0 Å². The molecule has 2 rings (SSSR count). The molecule has 1 unspecified atom stereocenters. The highest BCUT2D eigenvalue weighted by atomic mass is 16.5. The molecule has 0 bridgehead atoms. The molecule has 0 aliphatic heterocycles. The molecule has 19 heavy (non-hydrogen) atoms. The van der Waals surface area contributed by atoms with Gasteiger partial charge in [-0.05, 0) is 54.8 Å². The lowest BCUT2D eigenvalue weighted by atomic mass is 9.95. The van der Waals surface area contributed by atoms with Crippen molar-refractivity contribution in [2.75, 3.05) is 26.8 Å². The summed E-state index contributed by atoms with van der Waals surface area (Å²) in [5, 5.41) is 3.48. The van der Waals surface area contributed by atoms with E-state index in [1.54, 1.807) is 18.2 Å². The highest BCUT2D eigenvalue weighted by Crippen LogP contribution is 2.24. The predicted molar refractivity (Wildman–Crippen MR) is 80.7 cm³/mol. The summed E-state index contributed by atoms with van der Waals surface area (Å²) in [6.45, 7) is 5.14. The molecule has 1 aromatic carbocycles. The van der Waals surface area contributed by atoms with Gasteiger partial charge in [0.1, 0.15) is 0 Å². The topological polar surface area (TPSA) is 21.3 Å². The van der Waals surface area contributed by atoms with Gasteiger partial charge in [0.2, 0.25) is 0 Å². The quantitative estimate of drug-likeness (QED) is 0.726. The molecule has 0 fully saturated rings. The van der Waals surface area contributed by atoms with E-state index in [1.165, 1.54) is 37.7 Å². The molecule has 0 saturated carbocycles. The van der Waals surface area contributed by atoms with Gasteiger partial charge in [-0.3, -0.25) is 0 Å². The van der Waals surface area contributed by atoms with Crippen molar-refractivity contribution in [3.8, 4) is 0 Å². The number of hydrogen-bond acceptors (Lipinski definition) is 2. The van der Waals surface area contributed by atoms with Crippen LogP contribution >= 0.6 is 0 Å². The van der Waals surface area contributed by atoms with Gasteiger partial charge in [0.05, 0.1) is 6.61 Å². The highest BCUT2D eigenvalue weighted by molar-refractivity contribution is 5.35. The molecule has 0 aromatic heterocycles. The molecule has 0 spiro atoms. The van der Waals surface area contributed by atoms with Crippen LogP contribution in [0.4, 0.5) is 0 Å². The molecule has 1 aliphatic rings. The number of nitrogens with one attached hydrogen (secondary N) is 1. The summed E-state index contributed by atoms with van der Waals surface area (Å²) in [6.07, 6.45) is 6.34. The monoisotopic (exact) mass is 261 g/mol. The average Bonchev–Trinajstić information content (AvgIpc) is 2.89. The first kappa shape index (κ1) is 14.5. The summed E-state index contributed by atoms with van der Waals surface area (Å²) in [5.41, 5.74) is 4.69. The maximum Gasteiger partial charge on any atom is 0.0587 e. The van der Waals surface area contributed by atoms with Gasteiger partial charge in [0.25, 0.3) is 0 Å². The summed E-state index contributed by atoms with van der Waals surface area (Å²) in [6, 6.07) is 7.13. The van der Waals surface area contributed by atoms with E-state index >= 15 is 0 Å². The van der Waals surface area contributed by atoms with Crippen molar-refractivity contribution in [1.82, 2.24) is 5.32 Å². The zero-order chi connectivity index (χ0) is 13.5. The van der Waals surface area contributed by atoms with E-state index in [1.807, 2.05) is 0 Å². The molecule has 0 heterocycles. The maximum atomic E-state index is 5.06. The summed E-state index contributed by atoms with van der Waals surface area (Å²) in [7, 11) is 1.75. The van der Waals surface area contributed by atoms with Crippen LogP contribution in [0.15, 0.2) is 18.2 Å². The van der Waals surface area contributed by atoms with Gasteiger partial charge in [0, 0.05) is 13.7 Å². The van der Waals surface area contributed by atoms with Crippen molar-refractivity contribution in [2.45, 2.75) is 39.0 Å². The van der Waals surface area contributed by atoms with E-state index in [-0.39, 0.29) is 0 Å². The molecule has 1 atom stereocenters. The molecule has 1 N–H and O–H groups in total. The molecule has 0 saturated heterocycles. The van der Waals surface area contributed by atoms with E-state index in [9.17, 15) is 0 Å². The van der Waals surface area contributed by atoms with Crippen molar-refractivity contribution in [1.29, 1.82) is 0 Å². The lowest BCUT2D eigenvalue weighted by molar-refractivity contribution is 0.197. The Balaban J connectivity index is 1.84. The molecular formula is C17H27NO. The zero-order valence-corrected chi connectivity index (χ0v) is 12.4. The number of methoxy groups -OCH3 is 1. The Hall–Kier alpha value is -0.860. The smallest absolute Gasteiger partial charge is 0.0587 e. The zero-order valence-electron chi connectivity index (χ0n) is 12.4. The SMILES string of the molecule is CCC(CNCCOC)Cc1ccc2c(c1)CCC2. The fraction of sp³-hybridized carbons (Fsp3) is 0.647. The first-order valence-electron chi connectivity index (χ1n) is 7.63. The first-order valence-corrected chi connectivity index (χ1v) is 7.63. The van der Waals surface area contributed by atoms with Gasteiger partial charge in [0.15, 0.2) is 0 Å². The van der Waals surface area contributed by atoms with Crippen molar-refractivity contribution < 1.29 is 4.74 Å². The number of aryl methyl sites for hydroxylation is 2. The fourth-order valence-electron chi connectivity index (χ4n) is 2.93. The third-order valence-corrected chi connectivity index (χ3v) is 4.18. The van der Waals surface area contributed by atoms with Crippen molar-refractivity contribution in [2.24, 2.45) is 5.92 Å². The lowest BCUT2D eigenvalue weighted by Crippen LogP contribution is -2.27. The lowest BCUT2D eigenvalue weighted by Gasteiger charge is -2.16. The second kappa shape index (κ2) is 7.66. The van der Waals surface area contributed by atoms with Crippen LogP contribution in [0.5, 0.6) is 0 Å². The first-order chi connectivity index (χ1) is 9.33. The van der Waals surface area contributed by atoms with Crippen LogP contribution in [0.2, 0.25) is 0 Å². The van der Waals surface area contributed by atoms with Crippen molar-refractivity contribution in [3.05, 3.63) is 34.9 Å². The largest absolute Gasteiger partial charge is 0.383 e. The molecule has 2 heteroatoms. The third kappa shape index (κ3) is 4.32. The van der Waals surface area contributed by atoms with E-state index in [4.69, 9.17) is 4.74 Å². The van der Waals surface area contributed by atoms with Crippen LogP contribution in [0.1, 0.15) is 36.5 Å². The van der Waals surface area contributed by atoms with Gasteiger partial charge in [-0.15, -0.1) is 0 Å². The Morgan fingerprint density at radius 2 is 2.11 bits per heavy atom. The number of benzene rings is 1. The maximum absolute atomic E-state index is 5.06. The molecular weight excluding hydrogens is 234 g/mol. The van der Waals surface area contributed by atoms with Gasteiger partial charge in [-0.2, -0.15) is 0 Å². The van der Waals surface area contributed by atoms with E-state index in [0.29, 0.717) is 0 Å². The van der Waals surface area contributed by atoms with Crippen molar-refractivity contribution >= 4 is 0 Å². The molecule has 1 aromatic rings. The number of rotatable bonds is 8. The molecule has 0 radical (unpaired) electrons. The Labute approximate surface area is 117 Å². The summed E-state index contributed by atoms with van der Waals surface area (Å²) in [4.78, 5) is 0. The Bertz CT molecular complexity index is 389. The van der Waals surface area contributed by atoms with Crippen LogP contribution in [-0.4, -0.2) is 26.8 Å². The summed E-state index contributed by atoms with van der Waals surface area (Å²) >= 11 is 0. The van der Waals surface area contributed by atoms with Gasteiger partial charge in [-0.1, -0.05) is 31.5 Å². The normalized spacial score (nSPS) is 15.5. The minimum absolute atomic E-state index is 0.733. The Kier molecular flexibility index (Phi) is 5.87.